The van der Waals surface area contributed by atoms with Gasteiger partial charge in [-0.05, 0) is 19.2 Å². The Kier molecular flexibility index (Phi) is 6.43. The summed E-state index contributed by atoms with van der Waals surface area (Å²) >= 11 is 0. The lowest BCUT2D eigenvalue weighted by atomic mass is 10.00. The van der Waals surface area contributed by atoms with Gasteiger partial charge < -0.3 is 19.9 Å². The van der Waals surface area contributed by atoms with Crippen LogP contribution in [0.2, 0.25) is 0 Å². The summed E-state index contributed by atoms with van der Waals surface area (Å²) in [7, 11) is 4.04. The minimum absolute atomic E-state index is 0.228. The predicted octanol–water partition coefficient (Wildman–Crippen LogP) is 4.29. The standard InChI is InChI=1S/C29H30F2N8O2/c1-36-7-8-38-20(15-36)16-40-25-11-19(10-22(29(25)38)18-13-34-37(2)14-18)35-26-12-27(33-17-32-26)39-24(6-9-41-39)21-4-3-5-23(30)28(21)31/h3-5,10-14,17,20,24H,6-9,15-16H2,1-2H3,(H,32,33,35)/t20-,24-/m1/s1. The number of hydrogen-bond donors (Lipinski definition) is 1. The second kappa shape index (κ2) is 10.3. The number of fused-ring (bicyclic) bond motifs is 3. The zero-order valence-corrected chi connectivity index (χ0v) is 22.8. The first kappa shape index (κ1) is 25.7. The van der Waals surface area contributed by atoms with Crippen molar-refractivity contribution >= 4 is 23.0 Å². The lowest BCUT2D eigenvalue weighted by Gasteiger charge is -2.45. The molecule has 5 heterocycles. The van der Waals surface area contributed by atoms with E-state index in [1.165, 1.54) is 17.5 Å². The molecule has 7 rings (SSSR count). The van der Waals surface area contributed by atoms with E-state index in [0.29, 0.717) is 31.3 Å². The molecule has 3 aliphatic rings. The minimum atomic E-state index is -0.888. The van der Waals surface area contributed by atoms with E-state index in [-0.39, 0.29) is 11.6 Å². The van der Waals surface area contributed by atoms with Gasteiger partial charge in [-0.2, -0.15) is 5.10 Å². The molecular formula is C29H30F2N8O2. The Morgan fingerprint density at radius 3 is 2.83 bits per heavy atom. The molecule has 0 bridgehead atoms. The lowest BCUT2D eigenvalue weighted by molar-refractivity contribution is 0.156. The molecule has 0 aliphatic carbocycles. The molecule has 4 aromatic rings. The third kappa shape index (κ3) is 4.72. The summed E-state index contributed by atoms with van der Waals surface area (Å²) < 4.78 is 36.7. The SMILES string of the molecule is CN1CCN2c3c(cc(Nc4cc(N5OCC[C@@H]5c5cccc(F)c5F)ncn4)cc3-c3cnn(C)c3)OC[C@H]2C1. The molecule has 0 unspecified atom stereocenters. The van der Waals surface area contributed by atoms with Gasteiger partial charge in [0.25, 0.3) is 0 Å². The summed E-state index contributed by atoms with van der Waals surface area (Å²) in [5, 5.41) is 9.32. The molecule has 0 spiro atoms. The largest absolute Gasteiger partial charge is 0.489 e. The van der Waals surface area contributed by atoms with Crippen molar-refractivity contribution in [3.8, 4) is 16.9 Å². The fourth-order valence-corrected chi connectivity index (χ4v) is 5.94. The van der Waals surface area contributed by atoms with E-state index >= 15 is 0 Å². The third-order valence-corrected chi connectivity index (χ3v) is 7.89. The number of aryl methyl sites for hydroxylation is 1. The van der Waals surface area contributed by atoms with Gasteiger partial charge in [0.2, 0.25) is 0 Å². The van der Waals surface area contributed by atoms with Crippen LogP contribution in [-0.2, 0) is 11.9 Å². The molecule has 0 amide bonds. The fraction of sp³-hybridized carbons (Fsp3) is 0.345. The van der Waals surface area contributed by atoms with Crippen molar-refractivity contribution < 1.29 is 18.4 Å². The van der Waals surface area contributed by atoms with Gasteiger partial charge in [-0.1, -0.05) is 12.1 Å². The number of piperazine rings is 1. The highest BCUT2D eigenvalue weighted by atomic mass is 19.2. The molecule has 2 atom stereocenters. The van der Waals surface area contributed by atoms with Gasteiger partial charge in [-0.15, -0.1) is 0 Å². The minimum Gasteiger partial charge on any atom is -0.489 e. The number of nitrogens with zero attached hydrogens (tertiary/aromatic N) is 7. The molecule has 212 valence electrons. The molecule has 12 heteroatoms. The van der Waals surface area contributed by atoms with Crippen LogP contribution in [-0.4, -0.2) is 70.6 Å². The number of nitrogens with one attached hydrogen (secondary N) is 1. The Bertz CT molecular complexity index is 1600. The van der Waals surface area contributed by atoms with E-state index in [9.17, 15) is 8.78 Å². The lowest BCUT2D eigenvalue weighted by Crippen LogP contribution is -2.56. The first-order chi connectivity index (χ1) is 19.9. The van der Waals surface area contributed by atoms with Crippen molar-refractivity contribution in [3.05, 3.63) is 72.3 Å². The van der Waals surface area contributed by atoms with Crippen LogP contribution in [0.5, 0.6) is 5.75 Å². The molecular weight excluding hydrogens is 530 g/mol. The highest BCUT2D eigenvalue weighted by molar-refractivity contribution is 5.87. The number of ether oxygens (including phenoxy) is 1. The normalized spacial score (nSPS) is 20.5. The Morgan fingerprint density at radius 1 is 1.07 bits per heavy atom. The summed E-state index contributed by atoms with van der Waals surface area (Å²) in [6, 6.07) is 9.74. The Labute approximate surface area is 236 Å². The molecule has 0 radical (unpaired) electrons. The van der Waals surface area contributed by atoms with Gasteiger partial charge in [-0.3, -0.25) is 9.52 Å². The van der Waals surface area contributed by atoms with Gasteiger partial charge in [-0.25, -0.2) is 23.8 Å². The van der Waals surface area contributed by atoms with Gasteiger partial charge in [0.15, 0.2) is 17.5 Å². The van der Waals surface area contributed by atoms with Crippen LogP contribution in [0.3, 0.4) is 0 Å². The van der Waals surface area contributed by atoms with E-state index < -0.39 is 17.7 Å². The number of benzene rings is 2. The average molecular weight is 561 g/mol. The van der Waals surface area contributed by atoms with Crippen LogP contribution in [0.25, 0.3) is 11.1 Å². The zero-order chi connectivity index (χ0) is 28.1. The van der Waals surface area contributed by atoms with E-state index in [4.69, 9.17) is 9.57 Å². The average Bonchev–Trinajstić information content (AvgIpc) is 3.63. The Balaban J connectivity index is 1.22. The second-order valence-corrected chi connectivity index (χ2v) is 10.7. The summed E-state index contributed by atoms with van der Waals surface area (Å²) in [6.07, 6.45) is 5.78. The van der Waals surface area contributed by atoms with E-state index in [1.807, 2.05) is 25.5 Å². The zero-order valence-electron chi connectivity index (χ0n) is 22.8. The van der Waals surface area contributed by atoms with Crippen LogP contribution < -0.4 is 20.0 Å². The van der Waals surface area contributed by atoms with Crippen molar-refractivity contribution in [2.75, 3.05) is 55.2 Å². The number of halogens is 2. The molecule has 2 fully saturated rings. The summed E-state index contributed by atoms with van der Waals surface area (Å²) in [4.78, 5) is 19.4. The van der Waals surface area contributed by atoms with Crippen molar-refractivity contribution in [2.45, 2.75) is 18.5 Å². The van der Waals surface area contributed by atoms with Crippen LogP contribution in [0, 0.1) is 11.6 Å². The van der Waals surface area contributed by atoms with E-state index in [0.717, 1.165) is 54.0 Å². The van der Waals surface area contributed by atoms with E-state index in [1.54, 1.807) is 16.8 Å². The molecule has 10 nitrogen and oxygen atoms in total. The number of rotatable bonds is 5. The Hall–Kier alpha value is -4.29. The van der Waals surface area contributed by atoms with Crippen LogP contribution in [0.15, 0.2) is 55.1 Å². The molecule has 3 aliphatic heterocycles. The maximum absolute atomic E-state index is 14.6. The maximum Gasteiger partial charge on any atom is 0.164 e. The molecule has 41 heavy (non-hydrogen) atoms. The second-order valence-electron chi connectivity index (χ2n) is 10.7. The van der Waals surface area contributed by atoms with Crippen molar-refractivity contribution in [1.29, 1.82) is 0 Å². The van der Waals surface area contributed by atoms with Crippen molar-refractivity contribution in [3.63, 3.8) is 0 Å². The summed E-state index contributed by atoms with van der Waals surface area (Å²) in [6.45, 7) is 3.79. The first-order valence-corrected chi connectivity index (χ1v) is 13.6. The van der Waals surface area contributed by atoms with Crippen LogP contribution >= 0.6 is 0 Å². The quantitative estimate of drug-likeness (QED) is 0.384. The highest BCUT2D eigenvalue weighted by Gasteiger charge is 2.35. The number of hydroxylamine groups is 1. The monoisotopic (exact) mass is 560 g/mol. The molecule has 2 saturated heterocycles. The maximum atomic E-state index is 14.6. The van der Waals surface area contributed by atoms with E-state index in [2.05, 4.69) is 43.3 Å². The summed E-state index contributed by atoms with van der Waals surface area (Å²) in [5.74, 6) is -0.000238. The molecule has 0 saturated carbocycles. The topological polar surface area (TPSA) is 83.8 Å². The predicted molar refractivity (Wildman–Crippen MR) is 150 cm³/mol. The number of hydrogen-bond acceptors (Lipinski definition) is 9. The Morgan fingerprint density at radius 2 is 1.98 bits per heavy atom. The van der Waals surface area contributed by atoms with Gasteiger partial charge in [0, 0.05) is 73.8 Å². The molecule has 2 aromatic heterocycles. The molecule has 2 aromatic carbocycles. The third-order valence-electron chi connectivity index (χ3n) is 7.89. The highest BCUT2D eigenvalue weighted by Crippen LogP contribution is 2.45. The molecule has 1 N–H and O–H groups in total. The van der Waals surface area contributed by atoms with Crippen LogP contribution in [0.1, 0.15) is 18.0 Å². The number of likely N-dealkylation sites (N-methyl/N-ethyl adjacent to an activating group) is 1. The smallest absolute Gasteiger partial charge is 0.164 e. The van der Waals surface area contributed by atoms with Crippen molar-refractivity contribution in [1.82, 2.24) is 24.6 Å². The number of aromatic nitrogens is 4. The van der Waals surface area contributed by atoms with Crippen molar-refractivity contribution in [2.24, 2.45) is 7.05 Å². The number of anilines is 4. The first-order valence-electron chi connectivity index (χ1n) is 13.6. The summed E-state index contributed by atoms with van der Waals surface area (Å²) in [5.41, 5.74) is 4.10. The fourth-order valence-electron chi connectivity index (χ4n) is 5.94. The van der Waals surface area contributed by atoms with Gasteiger partial charge in [0.05, 0.1) is 30.6 Å². The van der Waals surface area contributed by atoms with Crippen LogP contribution in [0.4, 0.5) is 31.8 Å². The van der Waals surface area contributed by atoms with Gasteiger partial charge in [0.1, 0.15) is 24.5 Å². The van der Waals surface area contributed by atoms with Gasteiger partial charge >= 0.3 is 0 Å².